The summed E-state index contributed by atoms with van der Waals surface area (Å²) in [4.78, 5) is 0. The number of rotatable bonds is 6. The molecule has 0 radical (unpaired) electrons. The molecule has 0 aliphatic carbocycles. The van der Waals surface area contributed by atoms with Gasteiger partial charge in [-0.05, 0) is 39.0 Å². The smallest absolute Gasteiger partial charge is 0.0699 e. The van der Waals surface area contributed by atoms with Crippen LogP contribution in [0.1, 0.15) is 39.0 Å². The predicted molar refractivity (Wildman–Crippen MR) is 57.4 cm³/mol. The maximum atomic E-state index is 8.68. The largest absolute Gasteiger partial charge is 0.396 e. The summed E-state index contributed by atoms with van der Waals surface area (Å²) < 4.78 is 5.62. The molecule has 0 spiro atoms. The van der Waals surface area contributed by atoms with Crippen LogP contribution in [0.2, 0.25) is 0 Å². The fraction of sp³-hybridized carbons (Fsp3) is 1.00. The van der Waals surface area contributed by atoms with Gasteiger partial charge in [-0.1, -0.05) is 0 Å². The summed E-state index contributed by atoms with van der Waals surface area (Å²) in [5.74, 6) is 0. The second-order valence-corrected chi connectivity index (χ2v) is 4.16. The highest BCUT2D eigenvalue weighted by molar-refractivity contribution is 4.69. The fourth-order valence-electron chi connectivity index (χ4n) is 1.80. The van der Waals surface area contributed by atoms with E-state index < -0.39 is 0 Å². The van der Waals surface area contributed by atoms with E-state index in [0.717, 1.165) is 26.0 Å². The van der Waals surface area contributed by atoms with Gasteiger partial charge in [-0.25, -0.2) is 0 Å². The van der Waals surface area contributed by atoms with E-state index in [2.05, 4.69) is 12.2 Å². The molecule has 0 amide bonds. The van der Waals surface area contributed by atoms with Crippen molar-refractivity contribution in [2.45, 2.75) is 51.2 Å². The lowest BCUT2D eigenvalue weighted by Gasteiger charge is -2.24. The fourth-order valence-corrected chi connectivity index (χ4v) is 1.80. The highest BCUT2D eigenvalue weighted by Crippen LogP contribution is 2.11. The molecule has 3 nitrogen and oxygen atoms in total. The van der Waals surface area contributed by atoms with Crippen molar-refractivity contribution in [1.29, 1.82) is 0 Å². The number of hydrogen-bond donors (Lipinski definition) is 2. The van der Waals surface area contributed by atoms with Crippen LogP contribution in [-0.2, 0) is 4.74 Å². The van der Waals surface area contributed by atoms with E-state index in [1.807, 2.05) is 0 Å². The molecule has 0 aromatic carbocycles. The van der Waals surface area contributed by atoms with Crippen LogP contribution in [0, 0.1) is 0 Å². The molecular weight excluding hydrogens is 178 g/mol. The Morgan fingerprint density at radius 3 is 3.00 bits per heavy atom. The van der Waals surface area contributed by atoms with Crippen LogP contribution in [0.15, 0.2) is 0 Å². The average molecular weight is 201 g/mol. The Morgan fingerprint density at radius 1 is 1.50 bits per heavy atom. The lowest BCUT2D eigenvalue weighted by Crippen LogP contribution is -2.36. The second kappa shape index (κ2) is 7.21. The first-order valence-corrected chi connectivity index (χ1v) is 5.78. The van der Waals surface area contributed by atoms with Crippen LogP contribution >= 0.6 is 0 Å². The summed E-state index contributed by atoms with van der Waals surface area (Å²) in [7, 11) is 0. The van der Waals surface area contributed by atoms with Crippen molar-refractivity contribution >= 4 is 0 Å². The van der Waals surface area contributed by atoms with Crippen LogP contribution in [0.3, 0.4) is 0 Å². The van der Waals surface area contributed by atoms with Crippen molar-refractivity contribution in [2.75, 3.05) is 19.8 Å². The molecular formula is C11H23NO2. The first kappa shape index (κ1) is 12.0. The summed E-state index contributed by atoms with van der Waals surface area (Å²) >= 11 is 0. The van der Waals surface area contributed by atoms with Crippen LogP contribution in [0.25, 0.3) is 0 Å². The van der Waals surface area contributed by atoms with Gasteiger partial charge in [0.15, 0.2) is 0 Å². The van der Waals surface area contributed by atoms with E-state index in [0.29, 0.717) is 18.8 Å². The molecule has 0 saturated carbocycles. The molecule has 1 aliphatic heterocycles. The first-order chi connectivity index (χ1) is 6.83. The molecule has 1 heterocycles. The Labute approximate surface area is 86.8 Å². The number of ether oxygens (including phenoxy) is 1. The van der Waals surface area contributed by atoms with Gasteiger partial charge in [0.25, 0.3) is 0 Å². The summed E-state index contributed by atoms with van der Waals surface area (Å²) in [5.41, 5.74) is 0. The minimum atomic E-state index is 0.298. The Balaban J connectivity index is 2.00. The number of nitrogens with one attached hydrogen (secondary N) is 1. The molecule has 2 atom stereocenters. The van der Waals surface area contributed by atoms with E-state index in [-0.39, 0.29) is 0 Å². The molecule has 1 rings (SSSR count). The molecule has 2 unspecified atom stereocenters. The second-order valence-electron chi connectivity index (χ2n) is 4.16. The molecule has 1 fully saturated rings. The Hall–Kier alpha value is -0.120. The van der Waals surface area contributed by atoms with E-state index in [4.69, 9.17) is 9.84 Å². The van der Waals surface area contributed by atoms with Gasteiger partial charge in [0, 0.05) is 25.8 Å². The van der Waals surface area contributed by atoms with Crippen molar-refractivity contribution in [1.82, 2.24) is 5.32 Å². The highest BCUT2D eigenvalue weighted by Gasteiger charge is 2.13. The van der Waals surface area contributed by atoms with E-state index in [1.54, 1.807) is 0 Å². The number of hydrogen-bond acceptors (Lipinski definition) is 3. The Bertz CT molecular complexity index is 135. The standard InChI is InChI=1S/C11H23NO2/c1-10(5-4-7-13)12-9-11-6-2-3-8-14-11/h10-13H,2-9H2,1H3. The minimum absolute atomic E-state index is 0.298. The maximum absolute atomic E-state index is 8.68. The normalized spacial score (nSPS) is 24.9. The average Bonchev–Trinajstić information content (AvgIpc) is 2.25. The zero-order valence-electron chi connectivity index (χ0n) is 9.17. The SMILES string of the molecule is CC(CCCO)NCC1CCCCO1. The van der Waals surface area contributed by atoms with Crippen LogP contribution in [0.5, 0.6) is 0 Å². The van der Waals surface area contributed by atoms with Gasteiger partial charge in [0.2, 0.25) is 0 Å². The lowest BCUT2D eigenvalue weighted by atomic mass is 10.1. The molecule has 0 aromatic heterocycles. The van der Waals surface area contributed by atoms with E-state index in [9.17, 15) is 0 Å². The minimum Gasteiger partial charge on any atom is -0.396 e. The van der Waals surface area contributed by atoms with Gasteiger partial charge in [-0.2, -0.15) is 0 Å². The van der Waals surface area contributed by atoms with E-state index >= 15 is 0 Å². The summed E-state index contributed by atoms with van der Waals surface area (Å²) in [6, 6.07) is 0.493. The van der Waals surface area contributed by atoms with Crippen molar-refractivity contribution in [3.63, 3.8) is 0 Å². The topological polar surface area (TPSA) is 41.5 Å². The molecule has 1 saturated heterocycles. The first-order valence-electron chi connectivity index (χ1n) is 5.78. The van der Waals surface area contributed by atoms with Gasteiger partial charge in [0.05, 0.1) is 6.10 Å². The Morgan fingerprint density at radius 2 is 2.36 bits per heavy atom. The van der Waals surface area contributed by atoms with Gasteiger partial charge in [-0.3, -0.25) is 0 Å². The van der Waals surface area contributed by atoms with Crippen molar-refractivity contribution in [3.8, 4) is 0 Å². The van der Waals surface area contributed by atoms with Crippen molar-refractivity contribution < 1.29 is 9.84 Å². The molecule has 14 heavy (non-hydrogen) atoms. The zero-order chi connectivity index (χ0) is 10.2. The van der Waals surface area contributed by atoms with Crippen LogP contribution in [0.4, 0.5) is 0 Å². The molecule has 1 aliphatic rings. The number of aliphatic hydroxyl groups excluding tert-OH is 1. The third kappa shape index (κ3) is 4.94. The van der Waals surface area contributed by atoms with Crippen LogP contribution in [-0.4, -0.2) is 37.0 Å². The molecule has 3 heteroatoms. The predicted octanol–water partition coefficient (Wildman–Crippen LogP) is 1.31. The lowest BCUT2D eigenvalue weighted by molar-refractivity contribution is 0.0154. The van der Waals surface area contributed by atoms with Crippen LogP contribution < -0.4 is 5.32 Å². The maximum Gasteiger partial charge on any atom is 0.0699 e. The summed E-state index contributed by atoms with van der Waals surface area (Å²) in [5, 5.41) is 12.1. The van der Waals surface area contributed by atoms with Gasteiger partial charge >= 0.3 is 0 Å². The summed E-state index contributed by atoms with van der Waals surface area (Å²) in [6.45, 7) is 4.36. The van der Waals surface area contributed by atoms with Crippen molar-refractivity contribution in [2.24, 2.45) is 0 Å². The monoisotopic (exact) mass is 201 g/mol. The molecule has 84 valence electrons. The Kier molecular flexibility index (Phi) is 6.15. The van der Waals surface area contributed by atoms with E-state index in [1.165, 1.54) is 19.3 Å². The van der Waals surface area contributed by atoms with Gasteiger partial charge in [0.1, 0.15) is 0 Å². The van der Waals surface area contributed by atoms with Crippen molar-refractivity contribution in [3.05, 3.63) is 0 Å². The molecule has 0 aromatic rings. The highest BCUT2D eigenvalue weighted by atomic mass is 16.5. The third-order valence-electron chi connectivity index (χ3n) is 2.76. The third-order valence-corrected chi connectivity index (χ3v) is 2.76. The summed E-state index contributed by atoms with van der Waals surface area (Å²) in [6.07, 6.45) is 6.07. The molecule has 0 bridgehead atoms. The van der Waals surface area contributed by atoms with Gasteiger partial charge < -0.3 is 15.2 Å². The molecule has 2 N–H and O–H groups in total. The van der Waals surface area contributed by atoms with Gasteiger partial charge in [-0.15, -0.1) is 0 Å². The quantitative estimate of drug-likeness (QED) is 0.681. The zero-order valence-corrected chi connectivity index (χ0v) is 9.17. The number of aliphatic hydroxyl groups is 1.